The van der Waals surface area contributed by atoms with Crippen LogP contribution in [-0.2, 0) is 0 Å². The molecule has 1 rings (SSSR count). The predicted molar refractivity (Wildman–Crippen MR) is 73.8 cm³/mol. The molecule has 0 saturated carbocycles. The third kappa shape index (κ3) is 5.49. The fourth-order valence-corrected chi connectivity index (χ4v) is 1.98. The fraction of sp³-hybridized carbons (Fsp3) is 0.533. The number of rotatable bonds is 7. The zero-order valence-electron chi connectivity index (χ0n) is 11.8. The molecular weight excluding hydrogens is 245 g/mol. The summed E-state index contributed by atoms with van der Waals surface area (Å²) in [6.45, 7) is 7.19. The van der Waals surface area contributed by atoms with Crippen LogP contribution in [0, 0.1) is 5.82 Å². The Kier molecular flexibility index (Phi) is 5.63. The van der Waals surface area contributed by atoms with Crippen LogP contribution in [0.2, 0.25) is 0 Å². The summed E-state index contributed by atoms with van der Waals surface area (Å²) >= 11 is 0. The molecule has 1 N–H and O–H groups in total. The number of likely N-dealkylation sites (N-methyl/N-ethyl adjacent to an activating group) is 1. The molecule has 0 amide bonds. The lowest BCUT2D eigenvalue weighted by Gasteiger charge is -2.27. The van der Waals surface area contributed by atoms with Gasteiger partial charge in [0.1, 0.15) is 5.82 Å². The van der Waals surface area contributed by atoms with E-state index in [0.29, 0.717) is 13.1 Å². The highest BCUT2D eigenvalue weighted by molar-refractivity contribution is 5.96. The van der Waals surface area contributed by atoms with E-state index in [1.165, 1.54) is 12.1 Å². The summed E-state index contributed by atoms with van der Waals surface area (Å²) in [5, 5.41) is 9.76. The largest absolute Gasteiger partial charge is 0.389 e. The van der Waals surface area contributed by atoms with Crippen molar-refractivity contribution in [2.24, 2.45) is 0 Å². The Morgan fingerprint density at radius 1 is 1.37 bits per heavy atom. The summed E-state index contributed by atoms with van der Waals surface area (Å²) < 4.78 is 13.4. The van der Waals surface area contributed by atoms with Crippen LogP contribution in [0.1, 0.15) is 37.6 Å². The van der Waals surface area contributed by atoms with E-state index in [1.807, 2.05) is 11.8 Å². The fourth-order valence-electron chi connectivity index (χ4n) is 1.98. The molecule has 0 aliphatic rings. The first-order valence-electron chi connectivity index (χ1n) is 6.56. The van der Waals surface area contributed by atoms with Crippen molar-refractivity contribution in [1.29, 1.82) is 0 Å². The number of halogens is 1. The summed E-state index contributed by atoms with van der Waals surface area (Å²) in [5.41, 5.74) is -0.654. The molecule has 3 nitrogen and oxygen atoms in total. The summed E-state index contributed by atoms with van der Waals surface area (Å²) in [6.07, 6.45) is 0.255. The van der Waals surface area contributed by atoms with Gasteiger partial charge in [0, 0.05) is 19.5 Å². The molecule has 1 aromatic rings. The molecule has 0 unspecified atom stereocenters. The first-order chi connectivity index (χ1) is 8.83. The molecule has 106 valence electrons. The molecule has 0 aliphatic carbocycles. The van der Waals surface area contributed by atoms with E-state index in [-0.39, 0.29) is 17.8 Å². The van der Waals surface area contributed by atoms with Gasteiger partial charge >= 0.3 is 0 Å². The van der Waals surface area contributed by atoms with Gasteiger partial charge in [-0.15, -0.1) is 0 Å². The number of nitrogens with zero attached hydrogens (tertiary/aromatic N) is 1. The van der Waals surface area contributed by atoms with Gasteiger partial charge in [-0.3, -0.25) is 4.79 Å². The number of hydrogen-bond acceptors (Lipinski definition) is 3. The van der Waals surface area contributed by atoms with E-state index in [9.17, 15) is 14.3 Å². The van der Waals surface area contributed by atoms with Crippen LogP contribution in [0.25, 0.3) is 0 Å². The molecule has 0 spiro atoms. The Labute approximate surface area is 114 Å². The quantitative estimate of drug-likeness (QED) is 0.772. The monoisotopic (exact) mass is 267 g/mol. The molecule has 0 atom stereocenters. The maximum Gasteiger partial charge on any atom is 0.167 e. The smallest absolute Gasteiger partial charge is 0.167 e. The Morgan fingerprint density at radius 2 is 2.00 bits per heavy atom. The van der Waals surface area contributed by atoms with Gasteiger partial charge in [0.2, 0.25) is 0 Å². The van der Waals surface area contributed by atoms with Crippen LogP contribution in [0.15, 0.2) is 24.3 Å². The maximum atomic E-state index is 13.4. The van der Waals surface area contributed by atoms with Gasteiger partial charge in [-0.25, -0.2) is 4.39 Å². The minimum atomic E-state index is -0.795. The Morgan fingerprint density at radius 3 is 2.53 bits per heavy atom. The lowest BCUT2D eigenvalue weighted by atomic mass is 10.1. The number of aliphatic hydroxyl groups is 1. The normalized spacial score (nSPS) is 11.9. The van der Waals surface area contributed by atoms with Gasteiger partial charge in [-0.2, -0.15) is 0 Å². The van der Waals surface area contributed by atoms with Crippen molar-refractivity contribution in [1.82, 2.24) is 4.90 Å². The van der Waals surface area contributed by atoms with Crippen LogP contribution in [0.4, 0.5) is 4.39 Å². The second kappa shape index (κ2) is 6.78. The van der Waals surface area contributed by atoms with E-state index >= 15 is 0 Å². The number of Topliss-reactive ketones (excluding diaryl/α,β-unsaturated/α-hetero) is 1. The van der Waals surface area contributed by atoms with Crippen molar-refractivity contribution in [3.05, 3.63) is 35.6 Å². The number of carbonyl (C=O) groups is 1. The van der Waals surface area contributed by atoms with Crippen LogP contribution in [0.5, 0.6) is 0 Å². The number of ketones is 1. The zero-order chi connectivity index (χ0) is 14.5. The van der Waals surface area contributed by atoms with Crippen molar-refractivity contribution in [2.45, 2.75) is 32.8 Å². The summed E-state index contributed by atoms with van der Waals surface area (Å²) in [6, 6.07) is 6.02. The van der Waals surface area contributed by atoms with E-state index < -0.39 is 11.4 Å². The van der Waals surface area contributed by atoms with Crippen LogP contribution >= 0.6 is 0 Å². The predicted octanol–water partition coefficient (Wildman–Crippen LogP) is 2.49. The van der Waals surface area contributed by atoms with Gasteiger partial charge in [0.05, 0.1) is 11.2 Å². The van der Waals surface area contributed by atoms with Crippen molar-refractivity contribution in [3.8, 4) is 0 Å². The molecule has 0 bridgehead atoms. The number of benzene rings is 1. The average molecular weight is 267 g/mol. The van der Waals surface area contributed by atoms with Crippen molar-refractivity contribution >= 4 is 5.78 Å². The first-order valence-corrected chi connectivity index (χ1v) is 6.56. The second-order valence-electron chi connectivity index (χ2n) is 5.33. The van der Waals surface area contributed by atoms with Crippen LogP contribution in [-0.4, -0.2) is 41.0 Å². The van der Waals surface area contributed by atoms with Gasteiger partial charge in [-0.05, 0) is 32.5 Å². The molecular formula is C15H22FNO2. The van der Waals surface area contributed by atoms with E-state index in [2.05, 4.69) is 0 Å². The summed E-state index contributed by atoms with van der Waals surface area (Å²) in [5.74, 6) is -0.676. The maximum absolute atomic E-state index is 13.4. The SMILES string of the molecule is CCN(CCC(=O)c1ccccc1F)CC(C)(C)O. The molecule has 0 heterocycles. The third-order valence-corrected chi connectivity index (χ3v) is 2.89. The molecule has 4 heteroatoms. The Bertz CT molecular complexity index is 426. The van der Waals surface area contributed by atoms with Gasteiger partial charge in [0.15, 0.2) is 5.78 Å². The molecule has 0 fully saturated rings. The minimum absolute atomic E-state index is 0.141. The van der Waals surface area contributed by atoms with Gasteiger partial charge in [0.25, 0.3) is 0 Å². The lowest BCUT2D eigenvalue weighted by Crippen LogP contribution is -2.39. The van der Waals surface area contributed by atoms with Crippen molar-refractivity contribution in [3.63, 3.8) is 0 Å². The standard InChI is InChI=1S/C15H22FNO2/c1-4-17(11-15(2,3)19)10-9-14(18)12-7-5-6-8-13(12)16/h5-8,19H,4,9-11H2,1-3H3. The van der Waals surface area contributed by atoms with Crippen LogP contribution in [0.3, 0.4) is 0 Å². The van der Waals surface area contributed by atoms with E-state index in [4.69, 9.17) is 0 Å². The minimum Gasteiger partial charge on any atom is -0.389 e. The van der Waals surface area contributed by atoms with Crippen LogP contribution < -0.4 is 0 Å². The molecule has 0 saturated heterocycles. The highest BCUT2D eigenvalue weighted by Gasteiger charge is 2.18. The van der Waals surface area contributed by atoms with E-state index in [1.54, 1.807) is 26.0 Å². The zero-order valence-corrected chi connectivity index (χ0v) is 11.8. The second-order valence-corrected chi connectivity index (χ2v) is 5.33. The van der Waals surface area contributed by atoms with Gasteiger partial charge in [-0.1, -0.05) is 19.1 Å². The van der Waals surface area contributed by atoms with E-state index in [0.717, 1.165) is 6.54 Å². The van der Waals surface area contributed by atoms with Crippen molar-refractivity contribution < 1.29 is 14.3 Å². The topological polar surface area (TPSA) is 40.5 Å². The average Bonchev–Trinajstić information content (AvgIpc) is 2.33. The highest BCUT2D eigenvalue weighted by Crippen LogP contribution is 2.11. The van der Waals surface area contributed by atoms with Crippen molar-refractivity contribution in [2.75, 3.05) is 19.6 Å². The summed E-state index contributed by atoms with van der Waals surface area (Å²) in [7, 11) is 0. The third-order valence-electron chi connectivity index (χ3n) is 2.89. The molecule has 19 heavy (non-hydrogen) atoms. The molecule has 0 aliphatic heterocycles. The molecule has 0 aromatic heterocycles. The van der Waals surface area contributed by atoms with Gasteiger partial charge < -0.3 is 10.0 Å². The molecule has 1 aromatic carbocycles. The Hall–Kier alpha value is -1.26. The molecule has 0 radical (unpaired) electrons. The number of carbonyl (C=O) groups excluding carboxylic acids is 1. The lowest BCUT2D eigenvalue weighted by molar-refractivity contribution is 0.0371. The highest BCUT2D eigenvalue weighted by atomic mass is 19.1. The first kappa shape index (κ1) is 15.8. The summed E-state index contributed by atoms with van der Waals surface area (Å²) in [4.78, 5) is 13.9. The number of hydrogen-bond donors (Lipinski definition) is 1. The Balaban J connectivity index is 2.56.